The van der Waals surface area contributed by atoms with Gasteiger partial charge in [0, 0.05) is 19.1 Å². The topological polar surface area (TPSA) is 26.7 Å². The molecule has 2 aliphatic heterocycles. The van der Waals surface area contributed by atoms with Crippen LogP contribution in [0.3, 0.4) is 0 Å². The van der Waals surface area contributed by atoms with Crippen LogP contribution in [0.2, 0.25) is 0 Å². The van der Waals surface area contributed by atoms with E-state index in [0.717, 1.165) is 5.92 Å². The van der Waals surface area contributed by atoms with Crippen LogP contribution in [-0.2, 0) is 0 Å². The van der Waals surface area contributed by atoms with Gasteiger partial charge in [0.25, 0.3) is 0 Å². The Balaban J connectivity index is 1.79. The summed E-state index contributed by atoms with van der Waals surface area (Å²) < 4.78 is 0. The van der Waals surface area contributed by atoms with Gasteiger partial charge in [-0.15, -0.1) is 0 Å². The maximum Gasteiger partial charge on any atom is 0.0586 e. The lowest BCUT2D eigenvalue weighted by Gasteiger charge is -2.25. The van der Waals surface area contributed by atoms with Gasteiger partial charge in [0.05, 0.1) is 6.61 Å². The molecule has 14 heavy (non-hydrogen) atoms. The molecular weight excluding hydrogens is 176 g/mol. The van der Waals surface area contributed by atoms with Crippen LogP contribution in [0, 0.1) is 5.92 Å². The van der Waals surface area contributed by atoms with E-state index in [1.807, 2.05) is 0 Å². The summed E-state index contributed by atoms with van der Waals surface area (Å²) in [6.45, 7) is 5.25. The predicted molar refractivity (Wildman–Crippen MR) is 57.3 cm³/mol. The molecule has 0 spiro atoms. The lowest BCUT2D eigenvalue weighted by atomic mass is 10.1. The van der Waals surface area contributed by atoms with Crippen LogP contribution >= 0.6 is 0 Å². The molecule has 0 amide bonds. The molecule has 1 N–H and O–H groups in total. The Morgan fingerprint density at radius 2 is 2.14 bits per heavy atom. The van der Waals surface area contributed by atoms with E-state index in [9.17, 15) is 5.11 Å². The Hall–Kier alpha value is -0.120. The normalized spacial score (nSPS) is 35.6. The minimum absolute atomic E-state index is 0.350. The zero-order valence-corrected chi connectivity index (χ0v) is 9.15. The Morgan fingerprint density at radius 3 is 2.79 bits per heavy atom. The number of rotatable bonds is 3. The van der Waals surface area contributed by atoms with Crippen molar-refractivity contribution in [1.82, 2.24) is 9.80 Å². The van der Waals surface area contributed by atoms with Crippen LogP contribution in [0.25, 0.3) is 0 Å². The Labute approximate surface area is 86.7 Å². The van der Waals surface area contributed by atoms with Crippen molar-refractivity contribution in [1.29, 1.82) is 0 Å². The fraction of sp³-hybridized carbons (Fsp3) is 1.00. The number of hydrogen-bond acceptors (Lipinski definition) is 3. The lowest BCUT2D eigenvalue weighted by molar-refractivity contribution is 0.143. The molecule has 0 aliphatic carbocycles. The molecule has 2 unspecified atom stereocenters. The van der Waals surface area contributed by atoms with Gasteiger partial charge in [-0.2, -0.15) is 0 Å². The van der Waals surface area contributed by atoms with Gasteiger partial charge >= 0.3 is 0 Å². The Bertz CT molecular complexity index is 186. The summed E-state index contributed by atoms with van der Waals surface area (Å²) in [5.41, 5.74) is 0. The molecule has 0 aromatic rings. The third-order valence-corrected chi connectivity index (χ3v) is 3.69. The van der Waals surface area contributed by atoms with Gasteiger partial charge in [-0.25, -0.2) is 0 Å². The molecule has 2 atom stereocenters. The summed E-state index contributed by atoms with van der Waals surface area (Å²) in [5, 5.41) is 9.21. The number of likely N-dealkylation sites (tertiary alicyclic amines) is 2. The minimum atomic E-state index is 0.350. The van der Waals surface area contributed by atoms with Gasteiger partial charge in [-0.05, 0) is 45.3 Å². The monoisotopic (exact) mass is 198 g/mol. The largest absolute Gasteiger partial charge is 0.395 e. The first-order chi connectivity index (χ1) is 6.79. The van der Waals surface area contributed by atoms with Gasteiger partial charge < -0.3 is 10.0 Å². The zero-order valence-electron chi connectivity index (χ0n) is 9.15. The smallest absolute Gasteiger partial charge is 0.0586 e. The van der Waals surface area contributed by atoms with Crippen molar-refractivity contribution in [2.24, 2.45) is 5.92 Å². The summed E-state index contributed by atoms with van der Waals surface area (Å²) in [5.74, 6) is 0.840. The van der Waals surface area contributed by atoms with Crippen molar-refractivity contribution in [3.8, 4) is 0 Å². The third-order valence-electron chi connectivity index (χ3n) is 3.69. The van der Waals surface area contributed by atoms with E-state index in [2.05, 4.69) is 16.8 Å². The van der Waals surface area contributed by atoms with Crippen LogP contribution in [0.15, 0.2) is 0 Å². The molecule has 0 aromatic carbocycles. The van der Waals surface area contributed by atoms with Crippen LogP contribution < -0.4 is 0 Å². The van der Waals surface area contributed by atoms with E-state index in [-0.39, 0.29) is 0 Å². The second-order valence-electron chi connectivity index (χ2n) is 4.89. The van der Waals surface area contributed by atoms with Crippen LogP contribution in [0.4, 0.5) is 0 Å². The average molecular weight is 198 g/mol. The fourth-order valence-corrected chi connectivity index (χ4v) is 2.85. The average Bonchev–Trinajstić information content (AvgIpc) is 2.76. The molecule has 0 bridgehead atoms. The summed E-state index contributed by atoms with van der Waals surface area (Å²) in [7, 11) is 2.20. The standard InChI is InChI=1S/C11H22N2O/c1-12-6-4-10(7-12)8-13-5-2-3-11(13)9-14/h10-11,14H,2-9H2,1H3. The Morgan fingerprint density at radius 1 is 1.29 bits per heavy atom. The molecule has 2 rings (SSSR count). The maximum absolute atomic E-state index is 9.21. The maximum atomic E-state index is 9.21. The van der Waals surface area contributed by atoms with E-state index in [0.29, 0.717) is 12.6 Å². The molecule has 0 aromatic heterocycles. The highest BCUT2D eigenvalue weighted by Crippen LogP contribution is 2.22. The van der Waals surface area contributed by atoms with Crippen molar-refractivity contribution < 1.29 is 5.11 Å². The molecule has 82 valence electrons. The summed E-state index contributed by atoms with van der Waals surface area (Å²) in [4.78, 5) is 4.90. The number of aliphatic hydroxyl groups excluding tert-OH is 1. The first-order valence-electron chi connectivity index (χ1n) is 5.83. The van der Waals surface area contributed by atoms with Crippen molar-refractivity contribution >= 4 is 0 Å². The fourth-order valence-electron chi connectivity index (χ4n) is 2.85. The summed E-state index contributed by atoms with van der Waals surface area (Å²) >= 11 is 0. The molecule has 2 aliphatic rings. The molecule has 2 fully saturated rings. The van der Waals surface area contributed by atoms with Gasteiger partial charge in [-0.3, -0.25) is 4.90 Å². The van der Waals surface area contributed by atoms with E-state index in [1.165, 1.54) is 45.4 Å². The summed E-state index contributed by atoms with van der Waals surface area (Å²) in [6.07, 6.45) is 3.80. The highest BCUT2D eigenvalue weighted by molar-refractivity contribution is 4.83. The molecule has 3 nitrogen and oxygen atoms in total. The SMILES string of the molecule is CN1CCC(CN2CCCC2CO)C1. The van der Waals surface area contributed by atoms with Gasteiger partial charge in [-0.1, -0.05) is 0 Å². The van der Waals surface area contributed by atoms with Gasteiger partial charge in [0.15, 0.2) is 0 Å². The third kappa shape index (κ3) is 2.27. The zero-order chi connectivity index (χ0) is 9.97. The van der Waals surface area contributed by atoms with E-state index in [4.69, 9.17) is 0 Å². The highest BCUT2D eigenvalue weighted by atomic mass is 16.3. The van der Waals surface area contributed by atoms with E-state index < -0.39 is 0 Å². The molecule has 3 heteroatoms. The van der Waals surface area contributed by atoms with Crippen molar-refractivity contribution in [3.05, 3.63) is 0 Å². The highest BCUT2D eigenvalue weighted by Gasteiger charge is 2.28. The van der Waals surface area contributed by atoms with Crippen molar-refractivity contribution in [2.45, 2.75) is 25.3 Å². The van der Waals surface area contributed by atoms with E-state index >= 15 is 0 Å². The number of aliphatic hydroxyl groups is 1. The quantitative estimate of drug-likeness (QED) is 0.711. The van der Waals surface area contributed by atoms with Crippen molar-refractivity contribution in [3.63, 3.8) is 0 Å². The number of hydrogen-bond donors (Lipinski definition) is 1. The first kappa shape index (κ1) is 10.4. The predicted octanol–water partition coefficient (Wildman–Crippen LogP) is 0.395. The second kappa shape index (κ2) is 4.60. The second-order valence-corrected chi connectivity index (χ2v) is 4.89. The van der Waals surface area contributed by atoms with Crippen LogP contribution in [0.1, 0.15) is 19.3 Å². The minimum Gasteiger partial charge on any atom is -0.395 e. The van der Waals surface area contributed by atoms with E-state index in [1.54, 1.807) is 0 Å². The molecular formula is C11H22N2O. The van der Waals surface area contributed by atoms with Crippen LogP contribution in [-0.4, -0.2) is 60.8 Å². The number of nitrogens with zero attached hydrogens (tertiary/aromatic N) is 2. The molecule has 0 radical (unpaired) electrons. The molecule has 0 saturated carbocycles. The summed E-state index contributed by atoms with van der Waals surface area (Å²) in [6, 6.07) is 0.459. The molecule has 2 saturated heterocycles. The van der Waals surface area contributed by atoms with Gasteiger partial charge in [0.1, 0.15) is 0 Å². The van der Waals surface area contributed by atoms with Gasteiger partial charge in [0.2, 0.25) is 0 Å². The lowest BCUT2D eigenvalue weighted by Crippen LogP contribution is -2.36. The Kier molecular flexibility index (Phi) is 3.42. The molecule has 2 heterocycles. The van der Waals surface area contributed by atoms with Crippen molar-refractivity contribution in [2.75, 3.05) is 39.8 Å². The van der Waals surface area contributed by atoms with Crippen LogP contribution in [0.5, 0.6) is 0 Å². The first-order valence-corrected chi connectivity index (χ1v) is 5.83.